The molecule has 0 aromatic heterocycles. The van der Waals surface area contributed by atoms with Crippen molar-refractivity contribution in [3.05, 3.63) is 23.8 Å². The maximum Gasteiger partial charge on any atom is 0.122 e. The van der Waals surface area contributed by atoms with Gasteiger partial charge in [-0.3, -0.25) is 0 Å². The Morgan fingerprint density at radius 1 is 1.25 bits per heavy atom. The van der Waals surface area contributed by atoms with E-state index < -0.39 is 0 Å². The summed E-state index contributed by atoms with van der Waals surface area (Å²) in [5, 5.41) is 0. The Morgan fingerprint density at radius 2 is 2.00 bits per heavy atom. The van der Waals surface area contributed by atoms with Crippen LogP contribution in [0.4, 0.5) is 0 Å². The molecular formula is C13H21NO2. The standard InChI is InChI=1S/C13H21NO2/c1-10(5-4-8-14)12-9-11(15-2)6-7-13(12)16-3/h6-7,9-10H,4-5,8,14H2,1-3H3. The van der Waals surface area contributed by atoms with Crippen molar-refractivity contribution < 1.29 is 9.47 Å². The fourth-order valence-corrected chi connectivity index (χ4v) is 1.80. The summed E-state index contributed by atoms with van der Waals surface area (Å²) < 4.78 is 10.6. The molecule has 2 N–H and O–H groups in total. The number of benzene rings is 1. The van der Waals surface area contributed by atoms with Gasteiger partial charge in [-0.15, -0.1) is 0 Å². The summed E-state index contributed by atoms with van der Waals surface area (Å²) in [4.78, 5) is 0. The molecule has 0 radical (unpaired) electrons. The van der Waals surface area contributed by atoms with Crippen molar-refractivity contribution in [3.8, 4) is 11.5 Å². The number of methoxy groups -OCH3 is 2. The Kier molecular flexibility index (Phi) is 5.12. The van der Waals surface area contributed by atoms with Crippen molar-refractivity contribution in [1.29, 1.82) is 0 Å². The Labute approximate surface area is 97.6 Å². The van der Waals surface area contributed by atoms with E-state index in [-0.39, 0.29) is 0 Å². The number of hydrogen-bond acceptors (Lipinski definition) is 3. The summed E-state index contributed by atoms with van der Waals surface area (Å²) >= 11 is 0. The summed E-state index contributed by atoms with van der Waals surface area (Å²) in [7, 11) is 3.37. The summed E-state index contributed by atoms with van der Waals surface area (Å²) in [5.41, 5.74) is 6.72. The molecule has 0 saturated carbocycles. The van der Waals surface area contributed by atoms with Crippen molar-refractivity contribution >= 4 is 0 Å². The molecule has 0 heterocycles. The highest BCUT2D eigenvalue weighted by Crippen LogP contribution is 2.32. The molecule has 0 spiro atoms. The van der Waals surface area contributed by atoms with E-state index >= 15 is 0 Å². The highest BCUT2D eigenvalue weighted by Gasteiger charge is 2.12. The topological polar surface area (TPSA) is 44.5 Å². The van der Waals surface area contributed by atoms with Gasteiger partial charge < -0.3 is 15.2 Å². The Balaban J connectivity index is 2.89. The van der Waals surface area contributed by atoms with Gasteiger partial charge in [-0.1, -0.05) is 6.92 Å². The molecule has 0 amide bonds. The van der Waals surface area contributed by atoms with Crippen LogP contribution in [0, 0.1) is 0 Å². The highest BCUT2D eigenvalue weighted by molar-refractivity contribution is 5.42. The molecule has 1 aromatic carbocycles. The lowest BCUT2D eigenvalue weighted by Gasteiger charge is -2.16. The van der Waals surface area contributed by atoms with Gasteiger partial charge in [0.1, 0.15) is 11.5 Å². The van der Waals surface area contributed by atoms with Gasteiger partial charge in [0.15, 0.2) is 0 Å². The molecule has 0 aliphatic carbocycles. The summed E-state index contributed by atoms with van der Waals surface area (Å²) in [6.07, 6.45) is 2.10. The number of rotatable bonds is 6. The van der Waals surface area contributed by atoms with Gasteiger partial charge in [0.2, 0.25) is 0 Å². The van der Waals surface area contributed by atoms with Gasteiger partial charge >= 0.3 is 0 Å². The third-order valence-electron chi connectivity index (χ3n) is 2.81. The molecule has 90 valence electrons. The van der Waals surface area contributed by atoms with Gasteiger partial charge in [-0.2, -0.15) is 0 Å². The molecule has 0 aliphatic rings. The second kappa shape index (κ2) is 6.38. The van der Waals surface area contributed by atoms with Crippen molar-refractivity contribution in [3.63, 3.8) is 0 Å². The van der Waals surface area contributed by atoms with Crippen LogP contribution in [-0.4, -0.2) is 20.8 Å². The SMILES string of the molecule is COc1ccc(OC)c(C(C)CCCN)c1. The lowest BCUT2D eigenvalue weighted by atomic mass is 9.95. The molecule has 1 rings (SSSR count). The molecule has 3 heteroatoms. The zero-order valence-corrected chi connectivity index (χ0v) is 10.3. The van der Waals surface area contributed by atoms with Crippen LogP contribution in [0.5, 0.6) is 11.5 Å². The zero-order valence-electron chi connectivity index (χ0n) is 10.3. The van der Waals surface area contributed by atoms with Crippen LogP contribution in [0.3, 0.4) is 0 Å². The molecule has 0 saturated heterocycles. The molecule has 0 aliphatic heterocycles. The van der Waals surface area contributed by atoms with E-state index in [4.69, 9.17) is 15.2 Å². The van der Waals surface area contributed by atoms with Crippen LogP contribution >= 0.6 is 0 Å². The van der Waals surface area contributed by atoms with E-state index in [0.717, 1.165) is 30.9 Å². The molecule has 3 nitrogen and oxygen atoms in total. The minimum absolute atomic E-state index is 0.439. The van der Waals surface area contributed by atoms with Crippen LogP contribution in [0.25, 0.3) is 0 Å². The summed E-state index contributed by atoms with van der Waals surface area (Å²) in [5.74, 6) is 2.23. The molecular weight excluding hydrogens is 202 g/mol. The summed E-state index contributed by atoms with van der Waals surface area (Å²) in [6, 6.07) is 5.91. The Hall–Kier alpha value is -1.22. The smallest absolute Gasteiger partial charge is 0.122 e. The monoisotopic (exact) mass is 223 g/mol. The van der Waals surface area contributed by atoms with Crippen LogP contribution in [-0.2, 0) is 0 Å². The molecule has 0 bridgehead atoms. The predicted molar refractivity (Wildman–Crippen MR) is 66.2 cm³/mol. The fourth-order valence-electron chi connectivity index (χ4n) is 1.80. The largest absolute Gasteiger partial charge is 0.497 e. The second-order valence-electron chi connectivity index (χ2n) is 3.94. The minimum Gasteiger partial charge on any atom is -0.497 e. The van der Waals surface area contributed by atoms with E-state index in [1.807, 2.05) is 18.2 Å². The number of nitrogens with two attached hydrogens (primary N) is 1. The normalized spacial score (nSPS) is 12.2. The van der Waals surface area contributed by atoms with E-state index in [0.29, 0.717) is 5.92 Å². The van der Waals surface area contributed by atoms with E-state index in [2.05, 4.69) is 6.92 Å². The van der Waals surface area contributed by atoms with Crippen LogP contribution in [0.1, 0.15) is 31.2 Å². The Morgan fingerprint density at radius 3 is 2.56 bits per heavy atom. The lowest BCUT2D eigenvalue weighted by Crippen LogP contribution is -2.03. The van der Waals surface area contributed by atoms with E-state index in [1.54, 1.807) is 14.2 Å². The van der Waals surface area contributed by atoms with Crippen LogP contribution in [0.2, 0.25) is 0 Å². The van der Waals surface area contributed by atoms with Crippen molar-refractivity contribution in [2.24, 2.45) is 5.73 Å². The molecule has 0 fully saturated rings. The summed E-state index contributed by atoms with van der Waals surface area (Å²) in [6.45, 7) is 2.92. The Bertz CT molecular complexity index is 326. The van der Waals surface area contributed by atoms with Gasteiger partial charge in [-0.05, 0) is 43.5 Å². The van der Waals surface area contributed by atoms with Crippen LogP contribution in [0.15, 0.2) is 18.2 Å². The molecule has 1 aromatic rings. The fraction of sp³-hybridized carbons (Fsp3) is 0.538. The lowest BCUT2D eigenvalue weighted by molar-refractivity contribution is 0.394. The first-order chi connectivity index (χ1) is 7.72. The molecule has 1 atom stereocenters. The maximum absolute atomic E-state index is 5.53. The first kappa shape index (κ1) is 12.8. The van der Waals surface area contributed by atoms with Crippen molar-refractivity contribution in [1.82, 2.24) is 0 Å². The van der Waals surface area contributed by atoms with Gasteiger partial charge in [-0.25, -0.2) is 0 Å². The van der Waals surface area contributed by atoms with Gasteiger partial charge in [0, 0.05) is 5.56 Å². The van der Waals surface area contributed by atoms with Crippen molar-refractivity contribution in [2.75, 3.05) is 20.8 Å². The minimum atomic E-state index is 0.439. The average molecular weight is 223 g/mol. The number of hydrogen-bond donors (Lipinski definition) is 1. The van der Waals surface area contributed by atoms with Gasteiger partial charge in [0.05, 0.1) is 14.2 Å². The quantitative estimate of drug-likeness (QED) is 0.806. The number of ether oxygens (including phenoxy) is 2. The third-order valence-corrected chi connectivity index (χ3v) is 2.81. The molecule has 1 unspecified atom stereocenters. The first-order valence-electron chi connectivity index (χ1n) is 5.65. The third kappa shape index (κ3) is 3.14. The van der Waals surface area contributed by atoms with E-state index in [9.17, 15) is 0 Å². The maximum atomic E-state index is 5.53. The van der Waals surface area contributed by atoms with Crippen LogP contribution < -0.4 is 15.2 Å². The van der Waals surface area contributed by atoms with E-state index in [1.165, 1.54) is 5.56 Å². The highest BCUT2D eigenvalue weighted by atomic mass is 16.5. The zero-order chi connectivity index (χ0) is 12.0. The predicted octanol–water partition coefficient (Wildman–Crippen LogP) is 2.55. The average Bonchev–Trinajstić information content (AvgIpc) is 2.35. The first-order valence-corrected chi connectivity index (χ1v) is 5.65. The second-order valence-corrected chi connectivity index (χ2v) is 3.94. The molecule has 16 heavy (non-hydrogen) atoms. The van der Waals surface area contributed by atoms with Crippen molar-refractivity contribution in [2.45, 2.75) is 25.7 Å². The van der Waals surface area contributed by atoms with Gasteiger partial charge in [0.25, 0.3) is 0 Å².